The first-order valence-electron chi connectivity index (χ1n) is 3.93. The third-order valence-corrected chi connectivity index (χ3v) is 2.80. The minimum absolute atomic E-state index is 0.510. The lowest BCUT2D eigenvalue weighted by Gasteiger charge is -2.00. The molecule has 5 nitrogen and oxygen atoms in total. The molecule has 0 saturated heterocycles. The molecule has 2 rings (SSSR count). The van der Waals surface area contributed by atoms with Crippen molar-refractivity contribution in [1.82, 2.24) is 19.7 Å². The molecular weight excluding hydrogens is 222 g/mol. The summed E-state index contributed by atoms with van der Waals surface area (Å²) in [4.78, 5) is 4.06. The molecule has 2 aromatic rings. The van der Waals surface area contributed by atoms with Gasteiger partial charge in [-0.3, -0.25) is 0 Å². The van der Waals surface area contributed by atoms with E-state index >= 15 is 0 Å². The average molecular weight is 230 g/mol. The lowest BCUT2D eigenvalue weighted by molar-refractivity contribution is 0.812. The van der Waals surface area contributed by atoms with Crippen molar-refractivity contribution in [2.24, 2.45) is 7.05 Å². The maximum atomic E-state index is 5.68. The fraction of sp³-hybridized carbons (Fsp3) is 0.286. The molecule has 0 aliphatic heterocycles. The van der Waals surface area contributed by atoms with E-state index in [4.69, 9.17) is 11.6 Å². The summed E-state index contributed by atoms with van der Waals surface area (Å²) in [6.07, 6.45) is 1.66. The SMILES string of the molecule is Cn1cnnc1CNc1nc(Cl)cs1. The molecule has 7 heteroatoms. The molecule has 0 amide bonds. The van der Waals surface area contributed by atoms with Gasteiger partial charge in [0.15, 0.2) is 11.0 Å². The van der Waals surface area contributed by atoms with Crippen molar-refractivity contribution in [3.05, 3.63) is 22.7 Å². The van der Waals surface area contributed by atoms with Crippen molar-refractivity contribution in [2.75, 3.05) is 5.32 Å². The first-order chi connectivity index (χ1) is 6.75. The molecule has 0 spiro atoms. The Morgan fingerprint density at radius 2 is 2.50 bits per heavy atom. The number of hydrogen-bond donors (Lipinski definition) is 1. The molecule has 0 aromatic carbocycles. The van der Waals surface area contributed by atoms with Gasteiger partial charge >= 0.3 is 0 Å². The summed E-state index contributed by atoms with van der Waals surface area (Å²) in [5.74, 6) is 0.858. The van der Waals surface area contributed by atoms with Gasteiger partial charge in [-0.1, -0.05) is 11.6 Å². The van der Waals surface area contributed by atoms with Gasteiger partial charge in [0, 0.05) is 12.4 Å². The maximum Gasteiger partial charge on any atom is 0.184 e. The van der Waals surface area contributed by atoms with Crippen molar-refractivity contribution in [3.8, 4) is 0 Å². The topological polar surface area (TPSA) is 55.6 Å². The van der Waals surface area contributed by atoms with Gasteiger partial charge < -0.3 is 9.88 Å². The largest absolute Gasteiger partial charge is 0.354 e. The Morgan fingerprint density at radius 3 is 3.07 bits per heavy atom. The van der Waals surface area contributed by atoms with Gasteiger partial charge in [-0.15, -0.1) is 21.5 Å². The number of aromatic nitrogens is 4. The van der Waals surface area contributed by atoms with Crippen molar-refractivity contribution >= 4 is 28.1 Å². The second-order valence-electron chi connectivity index (χ2n) is 2.69. The van der Waals surface area contributed by atoms with E-state index in [1.165, 1.54) is 11.3 Å². The van der Waals surface area contributed by atoms with E-state index in [9.17, 15) is 0 Å². The molecule has 0 unspecified atom stereocenters. The van der Waals surface area contributed by atoms with Gasteiger partial charge in [-0.05, 0) is 0 Å². The number of nitrogens with one attached hydrogen (secondary N) is 1. The number of anilines is 1. The Balaban J connectivity index is 1.98. The molecule has 14 heavy (non-hydrogen) atoms. The number of thiazole rings is 1. The van der Waals surface area contributed by atoms with Crippen LogP contribution < -0.4 is 5.32 Å². The quantitative estimate of drug-likeness (QED) is 0.868. The molecule has 0 aliphatic rings. The second-order valence-corrected chi connectivity index (χ2v) is 3.93. The number of halogens is 1. The molecule has 0 radical (unpaired) electrons. The molecule has 2 aromatic heterocycles. The van der Waals surface area contributed by atoms with Crippen molar-refractivity contribution in [3.63, 3.8) is 0 Å². The molecular formula is C7H8ClN5S. The zero-order chi connectivity index (χ0) is 9.97. The molecule has 0 aliphatic carbocycles. The van der Waals surface area contributed by atoms with Gasteiger partial charge in [0.2, 0.25) is 0 Å². The number of aryl methyl sites for hydroxylation is 1. The molecule has 0 fully saturated rings. The van der Waals surface area contributed by atoms with Crippen molar-refractivity contribution in [2.45, 2.75) is 6.54 Å². The van der Waals surface area contributed by atoms with Crippen LogP contribution in [0.25, 0.3) is 0 Å². The highest BCUT2D eigenvalue weighted by Crippen LogP contribution is 2.18. The van der Waals surface area contributed by atoms with Gasteiger partial charge in [0.05, 0.1) is 6.54 Å². The monoisotopic (exact) mass is 229 g/mol. The summed E-state index contributed by atoms with van der Waals surface area (Å²) in [5.41, 5.74) is 0. The highest BCUT2D eigenvalue weighted by molar-refractivity contribution is 7.14. The zero-order valence-corrected chi connectivity index (χ0v) is 9.01. The van der Waals surface area contributed by atoms with E-state index in [0.29, 0.717) is 11.7 Å². The van der Waals surface area contributed by atoms with Gasteiger partial charge in [0.1, 0.15) is 11.5 Å². The van der Waals surface area contributed by atoms with Crippen LogP contribution in [0.3, 0.4) is 0 Å². The van der Waals surface area contributed by atoms with E-state index in [-0.39, 0.29) is 0 Å². The van der Waals surface area contributed by atoms with Crippen LogP contribution in [0.1, 0.15) is 5.82 Å². The van der Waals surface area contributed by atoms with Crippen molar-refractivity contribution in [1.29, 1.82) is 0 Å². The lowest BCUT2D eigenvalue weighted by atomic mass is 10.6. The van der Waals surface area contributed by atoms with E-state index in [2.05, 4.69) is 20.5 Å². The average Bonchev–Trinajstić information content (AvgIpc) is 2.72. The van der Waals surface area contributed by atoms with Crippen LogP contribution in [0.5, 0.6) is 0 Å². The van der Waals surface area contributed by atoms with Crippen LogP contribution in [0.2, 0.25) is 5.15 Å². The number of nitrogens with zero attached hydrogens (tertiary/aromatic N) is 4. The summed E-state index contributed by atoms with van der Waals surface area (Å²) in [6, 6.07) is 0. The van der Waals surface area contributed by atoms with E-state index in [0.717, 1.165) is 11.0 Å². The summed E-state index contributed by atoms with van der Waals surface area (Å²) in [7, 11) is 1.89. The van der Waals surface area contributed by atoms with Crippen LogP contribution >= 0.6 is 22.9 Å². The molecule has 0 saturated carbocycles. The summed E-state index contributed by atoms with van der Waals surface area (Å²) >= 11 is 7.14. The van der Waals surface area contributed by atoms with Gasteiger partial charge in [-0.25, -0.2) is 4.98 Å². The Hall–Kier alpha value is -1.14. The Morgan fingerprint density at radius 1 is 1.64 bits per heavy atom. The van der Waals surface area contributed by atoms with Crippen LogP contribution in [0.4, 0.5) is 5.13 Å². The molecule has 1 N–H and O–H groups in total. The van der Waals surface area contributed by atoms with Crippen molar-refractivity contribution < 1.29 is 0 Å². The van der Waals surface area contributed by atoms with E-state index in [1.54, 1.807) is 11.7 Å². The molecule has 74 valence electrons. The second kappa shape index (κ2) is 3.93. The smallest absolute Gasteiger partial charge is 0.184 e. The summed E-state index contributed by atoms with van der Waals surface area (Å²) in [6.45, 7) is 0.598. The Bertz CT molecular complexity index is 423. The van der Waals surface area contributed by atoms with E-state index < -0.39 is 0 Å². The van der Waals surface area contributed by atoms with Crippen LogP contribution in [0.15, 0.2) is 11.7 Å². The fourth-order valence-corrected chi connectivity index (χ4v) is 1.79. The first kappa shape index (κ1) is 9.42. The number of rotatable bonds is 3. The Labute approximate surface area is 89.8 Å². The Kier molecular flexibility index (Phi) is 2.64. The minimum Gasteiger partial charge on any atom is -0.354 e. The normalized spacial score (nSPS) is 10.4. The summed E-state index contributed by atoms with van der Waals surface area (Å²) < 4.78 is 1.85. The van der Waals surface area contributed by atoms with Crippen LogP contribution in [-0.2, 0) is 13.6 Å². The first-order valence-corrected chi connectivity index (χ1v) is 5.19. The van der Waals surface area contributed by atoms with Gasteiger partial charge in [-0.2, -0.15) is 0 Å². The van der Waals surface area contributed by atoms with E-state index in [1.807, 2.05) is 11.6 Å². The molecule has 0 atom stereocenters. The lowest BCUT2D eigenvalue weighted by Crippen LogP contribution is -2.05. The zero-order valence-electron chi connectivity index (χ0n) is 7.44. The number of hydrogen-bond acceptors (Lipinski definition) is 5. The van der Waals surface area contributed by atoms with Crippen LogP contribution in [0, 0.1) is 0 Å². The fourth-order valence-electron chi connectivity index (χ4n) is 0.957. The highest BCUT2D eigenvalue weighted by Gasteiger charge is 2.02. The third-order valence-electron chi connectivity index (χ3n) is 1.68. The maximum absolute atomic E-state index is 5.68. The summed E-state index contributed by atoms with van der Waals surface area (Å²) in [5, 5.41) is 13.9. The standard InChI is InChI=1S/C7H8ClN5S/c1-13-4-10-12-6(13)2-9-7-11-5(8)3-14-7/h3-4H,2H2,1H3,(H,9,11). The molecule has 2 heterocycles. The van der Waals surface area contributed by atoms with Crippen LogP contribution in [-0.4, -0.2) is 19.7 Å². The minimum atomic E-state index is 0.510. The third kappa shape index (κ3) is 2.02. The predicted octanol–water partition coefficient (Wildman–Crippen LogP) is 1.54. The highest BCUT2D eigenvalue weighted by atomic mass is 35.5. The van der Waals surface area contributed by atoms with Gasteiger partial charge in [0.25, 0.3) is 0 Å². The molecule has 0 bridgehead atoms. The predicted molar refractivity (Wildman–Crippen MR) is 55.5 cm³/mol.